The molecule has 0 aliphatic carbocycles. The lowest BCUT2D eigenvalue weighted by Crippen LogP contribution is -2.19. The number of benzene rings is 2. The molecule has 9 heteroatoms. The van der Waals surface area contributed by atoms with Gasteiger partial charge in [-0.2, -0.15) is 0 Å². The minimum Gasteiger partial charge on any atom is -0.298 e. The highest BCUT2D eigenvalue weighted by atomic mass is 32.2. The Hall–Kier alpha value is -2.78. The first kappa shape index (κ1) is 18.0. The predicted molar refractivity (Wildman–Crippen MR) is 98.5 cm³/mol. The first-order valence-electron chi connectivity index (χ1n) is 7.45. The van der Waals surface area contributed by atoms with E-state index in [9.17, 15) is 17.6 Å². The number of nitrogens with one attached hydrogen (secondary N) is 2. The summed E-state index contributed by atoms with van der Waals surface area (Å²) in [6.07, 6.45) is 1.51. The van der Waals surface area contributed by atoms with Crippen molar-refractivity contribution in [2.45, 2.75) is 11.8 Å². The van der Waals surface area contributed by atoms with E-state index in [1.807, 2.05) is 6.92 Å². The molecule has 0 spiro atoms. The van der Waals surface area contributed by atoms with Gasteiger partial charge in [-0.25, -0.2) is 17.8 Å². The molecule has 0 fully saturated rings. The first-order valence-corrected chi connectivity index (χ1v) is 9.81. The third-order valence-corrected chi connectivity index (χ3v) is 5.52. The van der Waals surface area contributed by atoms with Gasteiger partial charge in [-0.1, -0.05) is 17.7 Å². The van der Waals surface area contributed by atoms with Gasteiger partial charge in [-0.3, -0.25) is 14.8 Å². The van der Waals surface area contributed by atoms with Crippen molar-refractivity contribution in [3.8, 4) is 0 Å². The van der Waals surface area contributed by atoms with E-state index in [-0.39, 0.29) is 16.1 Å². The van der Waals surface area contributed by atoms with Crippen molar-refractivity contribution < 1.29 is 17.6 Å². The van der Waals surface area contributed by atoms with E-state index >= 15 is 0 Å². The highest BCUT2D eigenvalue weighted by molar-refractivity contribution is 7.92. The smallest absolute Gasteiger partial charge is 0.261 e. The van der Waals surface area contributed by atoms with Crippen molar-refractivity contribution in [3.63, 3.8) is 0 Å². The third-order valence-electron chi connectivity index (χ3n) is 3.45. The van der Waals surface area contributed by atoms with Crippen molar-refractivity contribution in [3.05, 3.63) is 71.0 Å². The summed E-state index contributed by atoms with van der Waals surface area (Å²) < 4.78 is 41.0. The number of rotatable bonds is 5. The zero-order chi connectivity index (χ0) is 18.7. The van der Waals surface area contributed by atoms with Crippen molar-refractivity contribution >= 4 is 38.1 Å². The number of carbonyl (C=O) groups excluding carboxylic acids is 1. The maximum absolute atomic E-state index is 13.6. The van der Waals surface area contributed by atoms with E-state index in [0.29, 0.717) is 5.13 Å². The van der Waals surface area contributed by atoms with Crippen LogP contribution in [0.4, 0.5) is 15.2 Å². The first-order chi connectivity index (χ1) is 12.3. The van der Waals surface area contributed by atoms with Crippen LogP contribution in [-0.4, -0.2) is 19.3 Å². The van der Waals surface area contributed by atoms with Gasteiger partial charge in [0.2, 0.25) is 0 Å². The molecule has 6 nitrogen and oxygen atoms in total. The van der Waals surface area contributed by atoms with Gasteiger partial charge in [0.1, 0.15) is 5.82 Å². The maximum Gasteiger partial charge on any atom is 0.261 e. The molecule has 26 heavy (non-hydrogen) atoms. The van der Waals surface area contributed by atoms with Crippen LogP contribution in [0.15, 0.2) is 58.9 Å². The summed E-state index contributed by atoms with van der Waals surface area (Å²) in [5, 5.41) is 4.50. The number of amides is 1. The summed E-state index contributed by atoms with van der Waals surface area (Å²) in [7, 11) is -3.93. The van der Waals surface area contributed by atoms with E-state index in [0.717, 1.165) is 17.7 Å². The molecule has 0 radical (unpaired) electrons. The van der Waals surface area contributed by atoms with Gasteiger partial charge in [0.25, 0.3) is 15.9 Å². The van der Waals surface area contributed by atoms with Crippen LogP contribution < -0.4 is 10.0 Å². The average Bonchev–Trinajstić information content (AvgIpc) is 3.09. The largest absolute Gasteiger partial charge is 0.298 e. The zero-order valence-electron chi connectivity index (χ0n) is 13.6. The van der Waals surface area contributed by atoms with Crippen LogP contribution in [0.2, 0.25) is 0 Å². The van der Waals surface area contributed by atoms with Crippen LogP contribution in [0.25, 0.3) is 0 Å². The van der Waals surface area contributed by atoms with Crippen LogP contribution in [0.1, 0.15) is 15.9 Å². The lowest BCUT2D eigenvalue weighted by molar-refractivity contribution is 0.102. The van der Waals surface area contributed by atoms with Gasteiger partial charge in [-0.05, 0) is 37.3 Å². The Morgan fingerprint density at radius 3 is 2.54 bits per heavy atom. The SMILES string of the molecule is Cc1ccc(S(=O)(=O)Nc2ccc(F)cc2C(=O)Nc2nccs2)cc1. The predicted octanol–water partition coefficient (Wildman–Crippen LogP) is 3.64. The van der Waals surface area contributed by atoms with E-state index in [1.165, 1.54) is 35.7 Å². The number of halogens is 1. The normalized spacial score (nSPS) is 11.2. The second-order valence-corrected chi connectivity index (χ2v) is 7.98. The summed E-state index contributed by atoms with van der Waals surface area (Å²) >= 11 is 1.19. The minimum absolute atomic E-state index is 0.0268. The molecular weight excluding hydrogens is 377 g/mol. The number of sulfonamides is 1. The van der Waals surface area contributed by atoms with E-state index in [4.69, 9.17) is 0 Å². The number of hydrogen-bond donors (Lipinski definition) is 2. The topological polar surface area (TPSA) is 88.2 Å². The van der Waals surface area contributed by atoms with Gasteiger partial charge in [0.05, 0.1) is 16.1 Å². The summed E-state index contributed by atoms with van der Waals surface area (Å²) in [6, 6.07) is 9.48. The zero-order valence-corrected chi connectivity index (χ0v) is 15.2. The Morgan fingerprint density at radius 1 is 1.15 bits per heavy atom. The fraction of sp³-hybridized carbons (Fsp3) is 0.0588. The Labute approximate surface area is 153 Å². The Bertz CT molecular complexity index is 1030. The molecule has 0 bridgehead atoms. The number of hydrogen-bond acceptors (Lipinski definition) is 5. The van der Waals surface area contributed by atoms with Gasteiger partial charge in [0.15, 0.2) is 5.13 Å². The molecule has 3 aromatic rings. The molecule has 1 amide bonds. The molecule has 0 aliphatic heterocycles. The second-order valence-electron chi connectivity index (χ2n) is 5.40. The lowest BCUT2D eigenvalue weighted by Gasteiger charge is -2.12. The highest BCUT2D eigenvalue weighted by Crippen LogP contribution is 2.23. The number of aryl methyl sites for hydroxylation is 1. The Kier molecular flexibility index (Phi) is 5.01. The second kappa shape index (κ2) is 7.22. The summed E-state index contributed by atoms with van der Waals surface area (Å²) in [5.74, 6) is -1.33. The van der Waals surface area contributed by atoms with Gasteiger partial charge >= 0.3 is 0 Å². The van der Waals surface area contributed by atoms with Crippen molar-refractivity contribution in [2.75, 3.05) is 10.0 Å². The molecule has 0 saturated carbocycles. The molecule has 1 heterocycles. The molecule has 0 aliphatic rings. The maximum atomic E-state index is 13.6. The van der Waals surface area contributed by atoms with Crippen molar-refractivity contribution in [1.82, 2.24) is 4.98 Å². The lowest BCUT2D eigenvalue weighted by atomic mass is 10.1. The fourth-order valence-corrected chi connectivity index (χ4v) is 3.77. The number of anilines is 2. The molecule has 3 rings (SSSR count). The molecule has 134 valence electrons. The summed E-state index contributed by atoms with van der Waals surface area (Å²) in [5.41, 5.74) is 0.742. The summed E-state index contributed by atoms with van der Waals surface area (Å²) in [4.78, 5) is 16.4. The molecule has 1 aromatic heterocycles. The minimum atomic E-state index is -3.93. The Balaban J connectivity index is 1.92. The summed E-state index contributed by atoms with van der Waals surface area (Å²) in [6.45, 7) is 1.84. The molecule has 0 atom stereocenters. The van der Waals surface area contributed by atoms with Crippen LogP contribution in [0.3, 0.4) is 0 Å². The molecule has 2 N–H and O–H groups in total. The number of thiazole rings is 1. The van der Waals surface area contributed by atoms with Crippen LogP contribution in [-0.2, 0) is 10.0 Å². The van der Waals surface area contributed by atoms with Crippen LogP contribution in [0.5, 0.6) is 0 Å². The Morgan fingerprint density at radius 2 is 1.88 bits per heavy atom. The van der Waals surface area contributed by atoms with Crippen LogP contribution in [0, 0.1) is 12.7 Å². The molecule has 2 aromatic carbocycles. The number of aromatic nitrogens is 1. The van der Waals surface area contributed by atoms with Gasteiger partial charge in [-0.15, -0.1) is 11.3 Å². The fourth-order valence-electron chi connectivity index (χ4n) is 2.16. The third kappa shape index (κ3) is 4.06. The van der Waals surface area contributed by atoms with Gasteiger partial charge in [0, 0.05) is 11.6 Å². The molecule has 0 saturated heterocycles. The van der Waals surface area contributed by atoms with E-state index in [2.05, 4.69) is 15.0 Å². The number of nitrogens with zero attached hydrogens (tertiary/aromatic N) is 1. The monoisotopic (exact) mass is 391 g/mol. The van der Waals surface area contributed by atoms with Gasteiger partial charge < -0.3 is 0 Å². The van der Waals surface area contributed by atoms with E-state index < -0.39 is 21.7 Å². The molecular formula is C17H14FN3O3S2. The number of carbonyl (C=O) groups is 1. The standard InChI is InChI=1S/C17H14FN3O3S2/c1-11-2-5-13(6-3-11)26(23,24)21-15-7-4-12(18)10-14(15)16(22)20-17-19-8-9-25-17/h2-10,21H,1H3,(H,19,20,22). The molecule has 0 unspecified atom stereocenters. The van der Waals surface area contributed by atoms with Crippen LogP contribution >= 0.6 is 11.3 Å². The van der Waals surface area contributed by atoms with E-state index in [1.54, 1.807) is 17.5 Å². The highest BCUT2D eigenvalue weighted by Gasteiger charge is 2.20. The average molecular weight is 391 g/mol. The van der Waals surface area contributed by atoms with Crippen molar-refractivity contribution in [2.24, 2.45) is 0 Å². The quantitative estimate of drug-likeness (QED) is 0.695. The van der Waals surface area contributed by atoms with Crippen molar-refractivity contribution in [1.29, 1.82) is 0 Å².